The first-order valence-electron chi connectivity index (χ1n) is 10.2. The molecule has 10 heteroatoms. The highest BCUT2D eigenvalue weighted by atomic mass is 35.5. The Bertz CT molecular complexity index is 922. The third-order valence-electron chi connectivity index (χ3n) is 6.11. The van der Waals surface area contributed by atoms with E-state index in [9.17, 15) is 19.7 Å². The molecule has 1 N–H and O–H groups in total. The van der Waals surface area contributed by atoms with E-state index in [0.29, 0.717) is 33.9 Å². The van der Waals surface area contributed by atoms with Gasteiger partial charge in [0.25, 0.3) is 5.70 Å². The number of rotatable bonds is 6. The number of anilines is 1. The Kier molecular flexibility index (Phi) is 6.19. The summed E-state index contributed by atoms with van der Waals surface area (Å²) in [6, 6.07) is -0.464. The zero-order chi connectivity index (χ0) is 21.3. The van der Waals surface area contributed by atoms with Gasteiger partial charge in [0.05, 0.1) is 23.5 Å². The second-order valence-electron chi connectivity index (χ2n) is 8.13. The molecule has 3 aliphatic rings. The smallest absolute Gasteiger partial charge is 0.253 e. The van der Waals surface area contributed by atoms with Gasteiger partial charge in [0.15, 0.2) is 10.9 Å². The first kappa shape index (κ1) is 21.0. The topological polar surface area (TPSA) is 105 Å². The van der Waals surface area contributed by atoms with Crippen molar-refractivity contribution in [3.63, 3.8) is 0 Å². The highest BCUT2D eigenvalue weighted by molar-refractivity contribution is 7.19. The summed E-state index contributed by atoms with van der Waals surface area (Å²) in [6.45, 7) is 0.374. The van der Waals surface area contributed by atoms with Crippen LogP contribution in [-0.4, -0.2) is 39.1 Å². The molecule has 8 nitrogen and oxygen atoms in total. The quantitative estimate of drug-likeness (QED) is 0.518. The van der Waals surface area contributed by atoms with Gasteiger partial charge in [-0.1, -0.05) is 55.0 Å². The van der Waals surface area contributed by atoms with Gasteiger partial charge in [-0.15, -0.1) is 0 Å². The summed E-state index contributed by atoms with van der Waals surface area (Å²) in [5, 5.41) is 14.4. The molecule has 2 aliphatic carbocycles. The molecule has 0 aromatic carbocycles. The normalized spacial score (nSPS) is 22.9. The van der Waals surface area contributed by atoms with Crippen LogP contribution in [0.1, 0.15) is 44.9 Å². The molecule has 0 saturated heterocycles. The first-order chi connectivity index (χ1) is 14.4. The third kappa shape index (κ3) is 4.57. The minimum Gasteiger partial charge on any atom is -0.364 e. The predicted molar refractivity (Wildman–Crippen MR) is 114 cm³/mol. The summed E-state index contributed by atoms with van der Waals surface area (Å²) < 4.78 is 0.492. The fourth-order valence-corrected chi connectivity index (χ4v) is 5.40. The molecule has 1 aliphatic heterocycles. The van der Waals surface area contributed by atoms with Crippen LogP contribution in [0.15, 0.2) is 29.7 Å². The lowest BCUT2D eigenvalue weighted by Gasteiger charge is -2.32. The zero-order valence-electron chi connectivity index (χ0n) is 16.4. The van der Waals surface area contributed by atoms with Crippen molar-refractivity contribution in [3.8, 4) is 0 Å². The molecule has 1 saturated carbocycles. The predicted octanol–water partition coefficient (Wildman–Crippen LogP) is 4.02. The van der Waals surface area contributed by atoms with Crippen LogP contribution in [0.25, 0.3) is 0 Å². The van der Waals surface area contributed by atoms with E-state index >= 15 is 0 Å². The van der Waals surface area contributed by atoms with Gasteiger partial charge in [-0.25, -0.2) is 4.98 Å². The maximum Gasteiger partial charge on any atom is 0.253 e. The van der Waals surface area contributed by atoms with Crippen molar-refractivity contribution in [1.82, 2.24) is 9.88 Å². The second-order valence-corrected chi connectivity index (χ2v) is 9.79. The fraction of sp³-hybridized carbons (Fsp3) is 0.550. The number of aromatic nitrogens is 1. The average molecular weight is 451 g/mol. The lowest BCUT2D eigenvalue weighted by atomic mass is 9.84. The van der Waals surface area contributed by atoms with Crippen LogP contribution >= 0.6 is 22.9 Å². The number of hydrogen-bond donors (Lipinski definition) is 1. The van der Waals surface area contributed by atoms with Gasteiger partial charge in [0, 0.05) is 18.8 Å². The maximum absolute atomic E-state index is 13.2. The SMILES string of the molecule is O=C1CC([N+](=O)[O-])=CC2=CN([C@@H](CC3CCCCC3)C(=O)Nc3ncc(Cl)s3)CC12. The molecule has 160 valence electrons. The molecule has 0 spiro atoms. The summed E-state index contributed by atoms with van der Waals surface area (Å²) in [5.41, 5.74) is 0.534. The molecule has 30 heavy (non-hydrogen) atoms. The first-order valence-corrected chi connectivity index (χ1v) is 11.4. The van der Waals surface area contributed by atoms with Gasteiger partial charge >= 0.3 is 0 Å². The molecular weight excluding hydrogens is 428 g/mol. The number of ketones is 1. The van der Waals surface area contributed by atoms with Gasteiger partial charge in [0.1, 0.15) is 10.4 Å². The van der Waals surface area contributed by atoms with E-state index in [4.69, 9.17) is 11.6 Å². The summed E-state index contributed by atoms with van der Waals surface area (Å²) in [6.07, 6.45) is 11.0. The van der Waals surface area contributed by atoms with E-state index in [-0.39, 0.29) is 23.8 Å². The standard InChI is InChI=1S/C20H23ClN4O4S/c21-18-9-22-20(30-18)23-19(27)16(6-12-4-2-1-3-5-12)24-10-13-7-14(25(28)29)8-17(26)15(13)11-24/h7,9-10,12,15-16H,1-6,8,11H2,(H,22,23,27)/t15?,16-/m0/s1. The zero-order valence-corrected chi connectivity index (χ0v) is 18.0. The highest BCUT2D eigenvalue weighted by Gasteiger charge is 2.40. The molecule has 1 fully saturated rings. The Morgan fingerprint density at radius 2 is 2.17 bits per heavy atom. The lowest BCUT2D eigenvalue weighted by molar-refractivity contribution is -0.427. The summed E-state index contributed by atoms with van der Waals surface area (Å²) in [5.74, 6) is -0.324. The number of hydrogen-bond acceptors (Lipinski definition) is 7. The van der Waals surface area contributed by atoms with Crippen molar-refractivity contribution in [2.75, 3.05) is 11.9 Å². The van der Waals surface area contributed by atoms with Crippen molar-refractivity contribution in [2.24, 2.45) is 11.8 Å². The average Bonchev–Trinajstić information content (AvgIpc) is 3.33. The number of allylic oxidation sites excluding steroid dienone is 2. The van der Waals surface area contributed by atoms with Gasteiger partial charge in [-0.2, -0.15) is 0 Å². The number of nitrogens with one attached hydrogen (secondary N) is 1. The third-order valence-corrected chi connectivity index (χ3v) is 7.14. The summed E-state index contributed by atoms with van der Waals surface area (Å²) >= 11 is 7.13. The van der Waals surface area contributed by atoms with E-state index in [1.165, 1.54) is 30.0 Å². The molecule has 1 aromatic heterocycles. The van der Waals surface area contributed by atoms with Crippen molar-refractivity contribution >= 4 is 39.8 Å². The highest BCUT2D eigenvalue weighted by Crippen LogP contribution is 2.36. The Labute approximate surface area is 183 Å². The molecule has 1 unspecified atom stereocenters. The maximum atomic E-state index is 13.2. The minimum absolute atomic E-state index is 0.0879. The number of thiazole rings is 1. The van der Waals surface area contributed by atoms with E-state index < -0.39 is 16.9 Å². The molecular formula is C20H23ClN4O4S. The lowest BCUT2D eigenvalue weighted by Crippen LogP contribution is -2.43. The largest absolute Gasteiger partial charge is 0.364 e. The summed E-state index contributed by atoms with van der Waals surface area (Å²) in [4.78, 5) is 42.3. The molecule has 2 atom stereocenters. The monoisotopic (exact) mass is 450 g/mol. The molecule has 0 radical (unpaired) electrons. The van der Waals surface area contributed by atoms with Crippen LogP contribution in [0, 0.1) is 22.0 Å². The molecule has 0 bridgehead atoms. The number of halogens is 1. The van der Waals surface area contributed by atoms with E-state index in [2.05, 4.69) is 10.3 Å². The van der Waals surface area contributed by atoms with Crippen LogP contribution in [0.4, 0.5) is 5.13 Å². The Hall–Kier alpha value is -2.26. The van der Waals surface area contributed by atoms with Crippen LogP contribution in [0.3, 0.4) is 0 Å². The Morgan fingerprint density at radius 1 is 1.40 bits per heavy atom. The number of nitrogens with zero attached hydrogens (tertiary/aromatic N) is 3. The fourth-order valence-electron chi connectivity index (χ4n) is 4.59. The molecule has 1 aromatic rings. The van der Waals surface area contributed by atoms with Gasteiger partial charge < -0.3 is 10.2 Å². The second kappa shape index (κ2) is 8.85. The number of carbonyl (C=O) groups is 2. The van der Waals surface area contributed by atoms with Crippen LogP contribution in [-0.2, 0) is 9.59 Å². The minimum atomic E-state index is -0.504. The molecule has 1 amide bonds. The van der Waals surface area contributed by atoms with Crippen LogP contribution in [0.2, 0.25) is 4.34 Å². The van der Waals surface area contributed by atoms with Crippen LogP contribution in [0.5, 0.6) is 0 Å². The Balaban J connectivity index is 1.56. The number of fused-ring (bicyclic) bond motifs is 1. The van der Waals surface area contributed by atoms with Gasteiger partial charge in [-0.05, 0) is 17.9 Å². The molecule has 4 rings (SSSR count). The van der Waals surface area contributed by atoms with Crippen molar-refractivity contribution in [1.29, 1.82) is 0 Å². The van der Waals surface area contributed by atoms with Gasteiger partial charge in [-0.3, -0.25) is 19.7 Å². The number of Topliss-reactive ketones (excluding diaryl/α,β-unsaturated/α-hetero) is 1. The number of carbonyl (C=O) groups excluding carboxylic acids is 2. The number of amides is 1. The van der Waals surface area contributed by atoms with Crippen molar-refractivity contribution in [2.45, 2.75) is 51.0 Å². The molecule has 2 heterocycles. The van der Waals surface area contributed by atoms with Crippen LogP contribution < -0.4 is 5.32 Å². The summed E-state index contributed by atoms with van der Waals surface area (Å²) in [7, 11) is 0. The van der Waals surface area contributed by atoms with Crippen molar-refractivity contribution in [3.05, 3.63) is 44.2 Å². The Morgan fingerprint density at radius 3 is 2.83 bits per heavy atom. The van der Waals surface area contributed by atoms with Crippen molar-refractivity contribution < 1.29 is 14.5 Å². The van der Waals surface area contributed by atoms with E-state index in [1.54, 1.807) is 6.20 Å². The van der Waals surface area contributed by atoms with Gasteiger partial charge in [0.2, 0.25) is 5.91 Å². The number of nitro groups is 1. The van der Waals surface area contributed by atoms with E-state index in [0.717, 1.165) is 25.7 Å². The van der Waals surface area contributed by atoms with E-state index in [1.807, 2.05) is 4.90 Å².